The van der Waals surface area contributed by atoms with Gasteiger partial charge in [0.15, 0.2) is 0 Å². The first kappa shape index (κ1) is 58.2. The van der Waals surface area contributed by atoms with E-state index in [9.17, 15) is 0 Å². The van der Waals surface area contributed by atoms with E-state index >= 15 is 0 Å². The summed E-state index contributed by atoms with van der Waals surface area (Å²) in [4.78, 5) is 0. The fourth-order valence-electron chi connectivity index (χ4n) is 0. The predicted molar refractivity (Wildman–Crippen MR) is 109 cm³/mol. The van der Waals surface area contributed by atoms with Gasteiger partial charge in [0.05, 0.1) is 0 Å². The fourth-order valence-corrected chi connectivity index (χ4v) is 0. The molecule has 0 unspecified atom stereocenters. The van der Waals surface area contributed by atoms with E-state index < -0.39 is 61.8 Å². The SMILES string of the molecule is N.N.N.NS(=O)(=O)O.NS(=O)(=O)O.NS(=O)(=O)O.NS(=O)(=O)O.NS(=O)(=O)O.NS(=O)(=O)O. The van der Waals surface area contributed by atoms with Crippen molar-refractivity contribution in [3.63, 3.8) is 0 Å². The van der Waals surface area contributed by atoms with Crippen molar-refractivity contribution < 1.29 is 77.8 Å². The Morgan fingerprint density at radius 2 is 0.273 bits per heavy atom. The van der Waals surface area contributed by atoms with Gasteiger partial charge in [0, 0.05) is 0 Å². The van der Waals surface area contributed by atoms with Crippen molar-refractivity contribution in [2.75, 3.05) is 0 Å². The molecule has 0 amide bonds. The van der Waals surface area contributed by atoms with Gasteiger partial charge in [-0.25, -0.2) is 30.8 Å². The number of hydrogen-bond acceptors (Lipinski definition) is 15. The monoisotopic (exact) mass is 633 g/mol. The minimum absolute atomic E-state index is 0. The van der Waals surface area contributed by atoms with Crippen molar-refractivity contribution in [3.8, 4) is 0 Å². The second kappa shape index (κ2) is 22.9. The third-order valence-corrected chi connectivity index (χ3v) is 0. The molecule has 0 radical (unpaired) electrons. The normalized spacial score (nSPS) is 10.5. The Bertz CT molecular complexity index is 779. The molecule has 0 rings (SSSR count). The van der Waals surface area contributed by atoms with Crippen molar-refractivity contribution in [2.45, 2.75) is 0 Å². The van der Waals surface area contributed by atoms with E-state index in [0.717, 1.165) is 0 Å². The minimum Gasteiger partial charge on any atom is -0.344 e. The van der Waals surface area contributed by atoms with E-state index in [1.807, 2.05) is 0 Å². The molecule has 27 N–H and O–H groups in total. The smallest absolute Gasteiger partial charge is 0.330 e. The number of nitrogens with two attached hydrogens (primary N) is 6. The lowest BCUT2D eigenvalue weighted by Gasteiger charge is -1.70. The molecule has 0 spiro atoms. The zero-order chi connectivity index (χ0) is 27.0. The molecule has 0 aliphatic heterocycles. The highest BCUT2D eigenvalue weighted by molar-refractivity contribution is 7.84. The third kappa shape index (κ3) is 32500. The summed E-state index contributed by atoms with van der Waals surface area (Å²) < 4.78 is 151. The van der Waals surface area contributed by atoms with Gasteiger partial charge in [0.1, 0.15) is 0 Å². The lowest BCUT2D eigenvalue weighted by Crippen LogP contribution is -2.08. The lowest BCUT2D eigenvalue weighted by molar-refractivity contribution is 0.482. The fraction of sp³-hybridized carbons (Fsp3) is 0. The van der Waals surface area contributed by atoms with Gasteiger partial charge in [0.2, 0.25) is 0 Å². The van der Waals surface area contributed by atoms with Crippen molar-refractivity contribution in [1.82, 2.24) is 18.5 Å². The van der Waals surface area contributed by atoms with E-state index in [-0.39, 0.29) is 18.5 Å². The molecule has 0 saturated heterocycles. The summed E-state index contributed by atoms with van der Waals surface area (Å²) in [5.41, 5.74) is 0. The van der Waals surface area contributed by atoms with Crippen LogP contribution in [0.3, 0.4) is 0 Å². The first-order chi connectivity index (χ1) is 12.0. The highest BCUT2D eigenvalue weighted by Gasteiger charge is 1.83. The Hall–Kier alpha value is -0.900. The summed E-state index contributed by atoms with van der Waals surface area (Å²) in [6.45, 7) is 0. The van der Waals surface area contributed by atoms with Crippen LogP contribution in [0, 0.1) is 0 Å². The second-order valence-electron chi connectivity index (χ2n) is 3.09. The van der Waals surface area contributed by atoms with E-state index in [4.69, 9.17) is 77.8 Å². The van der Waals surface area contributed by atoms with Crippen LogP contribution in [0.1, 0.15) is 0 Å². The maximum Gasteiger partial charge on any atom is 0.330 e. The molecule has 0 aromatic rings. The number of rotatable bonds is 0. The average Bonchev–Trinajstić information content (AvgIpc) is 1.94. The Morgan fingerprint density at radius 1 is 0.273 bits per heavy atom. The average molecular weight is 634 g/mol. The van der Waals surface area contributed by atoms with Crippen molar-refractivity contribution in [2.24, 2.45) is 30.8 Å². The van der Waals surface area contributed by atoms with Gasteiger partial charge in [-0.15, -0.1) is 0 Å². The highest BCUT2D eigenvalue weighted by atomic mass is 32.3. The standard InChI is InChI=1S/6H3NO3S.3H3N/c6*1-5(2,3)4;;;/h6*(H3,1,2,3,4);3*1H3. The van der Waals surface area contributed by atoms with E-state index in [1.165, 1.54) is 0 Å². The second-order valence-corrected chi connectivity index (χ2v) is 9.27. The summed E-state index contributed by atoms with van der Waals surface area (Å²) in [6, 6.07) is 0. The molecule has 0 heterocycles. The van der Waals surface area contributed by atoms with Crippen LogP contribution in [-0.4, -0.2) is 77.8 Å². The van der Waals surface area contributed by atoms with E-state index in [0.29, 0.717) is 0 Å². The predicted octanol–water partition coefficient (Wildman–Crippen LogP) is -7.03. The van der Waals surface area contributed by atoms with Crippen LogP contribution in [0.5, 0.6) is 0 Å². The Kier molecular flexibility index (Phi) is 40.3. The molecule has 0 fully saturated rings. The van der Waals surface area contributed by atoms with Gasteiger partial charge in [-0.3, -0.25) is 27.3 Å². The van der Waals surface area contributed by atoms with Crippen LogP contribution in [0.25, 0.3) is 0 Å². The summed E-state index contributed by atoms with van der Waals surface area (Å²) in [7, 11) is -25.0. The summed E-state index contributed by atoms with van der Waals surface area (Å²) in [6.07, 6.45) is 0. The summed E-state index contributed by atoms with van der Waals surface area (Å²) in [5, 5.41) is 23.3. The Balaban J connectivity index is -0.0000000294. The summed E-state index contributed by atoms with van der Waals surface area (Å²) >= 11 is 0. The van der Waals surface area contributed by atoms with Crippen molar-refractivity contribution in [3.05, 3.63) is 0 Å². The van der Waals surface area contributed by atoms with Gasteiger partial charge >= 0.3 is 61.8 Å². The van der Waals surface area contributed by atoms with Crippen LogP contribution >= 0.6 is 0 Å². The molecule has 0 aromatic heterocycles. The molecule has 0 aliphatic rings. The van der Waals surface area contributed by atoms with Gasteiger partial charge in [0.25, 0.3) is 0 Å². The molecule has 216 valence electrons. The van der Waals surface area contributed by atoms with Gasteiger partial charge in [-0.2, -0.15) is 50.5 Å². The molecule has 0 atom stereocenters. The zero-order valence-electron chi connectivity index (χ0n) is 15.6. The van der Waals surface area contributed by atoms with Crippen LogP contribution in [0.15, 0.2) is 0 Å². The van der Waals surface area contributed by atoms with Crippen molar-refractivity contribution in [1.29, 1.82) is 0 Å². The highest BCUT2D eigenvalue weighted by Crippen LogP contribution is 1.52. The van der Waals surface area contributed by atoms with Crippen LogP contribution in [0.2, 0.25) is 0 Å². The zero-order valence-corrected chi connectivity index (χ0v) is 20.5. The Morgan fingerprint density at radius 3 is 0.273 bits per heavy atom. The van der Waals surface area contributed by atoms with Crippen LogP contribution in [0.4, 0.5) is 0 Å². The number of hydrogen-bond donors (Lipinski definition) is 15. The molecule has 27 nitrogen and oxygen atoms in total. The van der Waals surface area contributed by atoms with Crippen molar-refractivity contribution >= 4 is 61.8 Å². The quantitative estimate of drug-likeness (QED) is 0.110. The molecule has 33 heteroatoms. The molecule has 0 saturated carbocycles. The van der Waals surface area contributed by atoms with Gasteiger partial charge in [-0.1, -0.05) is 0 Å². The lowest BCUT2D eigenvalue weighted by atomic mass is 13.9. The minimum atomic E-state index is -4.17. The third-order valence-electron chi connectivity index (χ3n) is 0. The molecule has 0 bridgehead atoms. The first-order valence-electron chi connectivity index (χ1n) is 4.51. The molecular formula is H27N9O18S6. The maximum atomic E-state index is 8.97. The van der Waals surface area contributed by atoms with Crippen LogP contribution < -0.4 is 49.3 Å². The van der Waals surface area contributed by atoms with Gasteiger partial charge in [-0.05, 0) is 0 Å². The maximum absolute atomic E-state index is 8.97. The molecule has 0 aliphatic carbocycles. The largest absolute Gasteiger partial charge is 0.344 e. The topological polar surface area (TPSA) is 587 Å². The Labute approximate surface area is 188 Å². The van der Waals surface area contributed by atoms with Crippen LogP contribution in [-0.2, 0) is 61.8 Å². The van der Waals surface area contributed by atoms with E-state index in [1.54, 1.807) is 0 Å². The first-order valence-corrected chi connectivity index (χ1v) is 13.5. The molecular weight excluding hydrogens is 606 g/mol. The summed E-state index contributed by atoms with van der Waals surface area (Å²) in [5.74, 6) is 0. The molecule has 33 heavy (non-hydrogen) atoms. The van der Waals surface area contributed by atoms with Gasteiger partial charge < -0.3 is 18.5 Å². The molecule has 0 aromatic carbocycles. The van der Waals surface area contributed by atoms with E-state index in [2.05, 4.69) is 30.8 Å².